The summed E-state index contributed by atoms with van der Waals surface area (Å²) in [7, 11) is 0. The number of thiazole rings is 1. The van der Waals surface area contributed by atoms with Gasteiger partial charge in [-0.3, -0.25) is 0 Å². The quantitative estimate of drug-likeness (QED) is 0.591. The average Bonchev–Trinajstić information content (AvgIpc) is 3.54. The highest BCUT2D eigenvalue weighted by Crippen LogP contribution is 2.38. The molecule has 3 fully saturated rings. The van der Waals surface area contributed by atoms with E-state index in [0.29, 0.717) is 46.3 Å². The number of anilines is 1. The SMILES string of the molecule is N#Cc1csc(-c2ccc(-c3ncc(N(C4CC4)[C@@H]4C[C@H]5CCC[C@@H](C4)N5)nn3)c(O)c2)n1. The molecule has 3 aliphatic rings. The zero-order valence-electron chi connectivity index (χ0n) is 18.2. The van der Waals surface area contributed by atoms with Gasteiger partial charge in [0.2, 0.25) is 0 Å². The van der Waals surface area contributed by atoms with Crippen LogP contribution in [0.1, 0.15) is 50.6 Å². The minimum Gasteiger partial charge on any atom is -0.507 e. The Hall–Kier alpha value is -3.09. The molecule has 1 aliphatic carbocycles. The third kappa shape index (κ3) is 4.05. The molecule has 0 radical (unpaired) electrons. The van der Waals surface area contributed by atoms with Gasteiger partial charge in [-0.15, -0.1) is 21.5 Å². The molecule has 168 valence electrons. The highest BCUT2D eigenvalue weighted by atomic mass is 32.1. The van der Waals surface area contributed by atoms with Gasteiger partial charge in [0.1, 0.15) is 16.8 Å². The third-order valence-electron chi connectivity index (χ3n) is 6.94. The zero-order valence-corrected chi connectivity index (χ0v) is 19.0. The summed E-state index contributed by atoms with van der Waals surface area (Å²) in [5.74, 6) is 1.31. The Labute approximate surface area is 196 Å². The normalized spacial score (nSPS) is 24.3. The van der Waals surface area contributed by atoms with Gasteiger partial charge in [0.15, 0.2) is 17.3 Å². The minimum absolute atomic E-state index is 0.0704. The van der Waals surface area contributed by atoms with Crippen molar-refractivity contribution in [3.05, 3.63) is 35.5 Å². The lowest BCUT2D eigenvalue weighted by atomic mass is 9.83. The van der Waals surface area contributed by atoms with Crippen LogP contribution in [0.5, 0.6) is 5.75 Å². The highest BCUT2D eigenvalue weighted by Gasteiger charge is 2.40. The van der Waals surface area contributed by atoms with Crippen LogP contribution >= 0.6 is 11.3 Å². The molecule has 2 saturated heterocycles. The van der Waals surface area contributed by atoms with Crippen LogP contribution in [0.25, 0.3) is 22.0 Å². The smallest absolute Gasteiger partial charge is 0.185 e. The summed E-state index contributed by atoms with van der Waals surface area (Å²) >= 11 is 1.37. The van der Waals surface area contributed by atoms with Gasteiger partial charge in [-0.05, 0) is 50.7 Å². The Morgan fingerprint density at radius 3 is 2.55 bits per heavy atom. The number of nitrogens with one attached hydrogen (secondary N) is 1. The molecule has 2 N–H and O–H groups in total. The second kappa shape index (κ2) is 8.36. The van der Waals surface area contributed by atoms with Gasteiger partial charge in [-0.2, -0.15) is 5.26 Å². The van der Waals surface area contributed by atoms with Gasteiger partial charge in [-0.1, -0.05) is 12.5 Å². The Morgan fingerprint density at radius 1 is 1.09 bits per heavy atom. The topological polar surface area (TPSA) is 111 Å². The molecule has 1 saturated carbocycles. The summed E-state index contributed by atoms with van der Waals surface area (Å²) in [5, 5.41) is 34.7. The highest BCUT2D eigenvalue weighted by molar-refractivity contribution is 7.13. The van der Waals surface area contributed by atoms with E-state index >= 15 is 0 Å². The van der Waals surface area contributed by atoms with Crippen molar-refractivity contribution in [1.82, 2.24) is 25.5 Å². The maximum atomic E-state index is 10.6. The maximum Gasteiger partial charge on any atom is 0.185 e. The van der Waals surface area contributed by atoms with Gasteiger partial charge in [0.25, 0.3) is 0 Å². The molecule has 1 aromatic carbocycles. The summed E-state index contributed by atoms with van der Waals surface area (Å²) in [4.78, 5) is 11.3. The van der Waals surface area contributed by atoms with Crippen molar-refractivity contribution in [1.29, 1.82) is 5.26 Å². The number of phenolic OH excluding ortho intramolecular Hbond substituents is 1. The monoisotopic (exact) mass is 459 g/mol. The molecule has 2 aliphatic heterocycles. The first-order valence-corrected chi connectivity index (χ1v) is 12.5. The number of rotatable bonds is 5. The van der Waals surface area contributed by atoms with Crippen molar-refractivity contribution in [2.24, 2.45) is 0 Å². The fraction of sp³-hybridized carbons (Fsp3) is 0.458. The van der Waals surface area contributed by atoms with Gasteiger partial charge < -0.3 is 15.3 Å². The van der Waals surface area contributed by atoms with E-state index in [9.17, 15) is 5.11 Å². The van der Waals surface area contributed by atoms with Gasteiger partial charge in [-0.25, -0.2) is 9.97 Å². The van der Waals surface area contributed by atoms with Crippen molar-refractivity contribution in [2.45, 2.75) is 69.1 Å². The lowest BCUT2D eigenvalue weighted by Crippen LogP contribution is -2.55. The predicted molar refractivity (Wildman–Crippen MR) is 126 cm³/mol. The molecule has 4 heterocycles. The number of phenols is 1. The number of aromatic hydroxyl groups is 1. The fourth-order valence-electron chi connectivity index (χ4n) is 5.31. The number of hydrogen-bond donors (Lipinski definition) is 2. The van der Waals surface area contributed by atoms with Gasteiger partial charge in [0.05, 0.1) is 11.8 Å². The predicted octanol–water partition coefficient (Wildman–Crippen LogP) is 3.88. The second-order valence-electron chi connectivity index (χ2n) is 9.28. The number of nitriles is 1. The Balaban J connectivity index is 1.24. The number of fused-ring (bicyclic) bond motifs is 2. The Morgan fingerprint density at radius 2 is 1.91 bits per heavy atom. The minimum atomic E-state index is 0.0704. The van der Waals surface area contributed by atoms with Crippen LogP contribution in [0.4, 0.5) is 5.82 Å². The van der Waals surface area contributed by atoms with E-state index in [2.05, 4.69) is 30.4 Å². The van der Waals surface area contributed by atoms with Crippen molar-refractivity contribution in [2.75, 3.05) is 4.90 Å². The molecule has 6 rings (SSSR count). The van der Waals surface area contributed by atoms with Crippen LogP contribution in [-0.2, 0) is 0 Å². The van der Waals surface area contributed by atoms with E-state index in [4.69, 9.17) is 5.26 Å². The molecule has 0 amide bonds. The first kappa shape index (κ1) is 20.5. The molecule has 33 heavy (non-hydrogen) atoms. The molecule has 9 heteroatoms. The van der Waals surface area contributed by atoms with Crippen LogP contribution in [0.3, 0.4) is 0 Å². The van der Waals surface area contributed by atoms with E-state index in [-0.39, 0.29) is 5.75 Å². The summed E-state index contributed by atoms with van der Waals surface area (Å²) < 4.78 is 0. The molecular weight excluding hydrogens is 434 g/mol. The van der Waals surface area contributed by atoms with Crippen LogP contribution < -0.4 is 10.2 Å². The maximum absolute atomic E-state index is 10.6. The van der Waals surface area contributed by atoms with Crippen molar-refractivity contribution in [3.63, 3.8) is 0 Å². The zero-order chi connectivity index (χ0) is 22.4. The number of hydrogen-bond acceptors (Lipinski definition) is 9. The van der Waals surface area contributed by atoms with Crippen LogP contribution in [-0.4, -0.2) is 49.4 Å². The second-order valence-corrected chi connectivity index (χ2v) is 10.1. The molecule has 3 aromatic rings. The number of aromatic nitrogens is 4. The van der Waals surface area contributed by atoms with Crippen LogP contribution in [0.15, 0.2) is 29.8 Å². The van der Waals surface area contributed by atoms with E-state index in [0.717, 1.165) is 24.2 Å². The largest absolute Gasteiger partial charge is 0.507 e. The first-order chi connectivity index (χ1) is 16.2. The lowest BCUT2D eigenvalue weighted by Gasteiger charge is -2.45. The molecule has 2 bridgehead atoms. The third-order valence-corrected chi connectivity index (χ3v) is 7.83. The first-order valence-electron chi connectivity index (χ1n) is 11.6. The Kier molecular flexibility index (Phi) is 5.19. The van der Waals surface area contributed by atoms with Crippen molar-refractivity contribution < 1.29 is 5.11 Å². The van der Waals surface area contributed by atoms with Crippen LogP contribution in [0, 0.1) is 11.3 Å². The summed E-state index contributed by atoms with van der Waals surface area (Å²) in [6, 6.07) is 9.56. The number of nitrogens with zero attached hydrogens (tertiary/aromatic N) is 6. The number of piperidine rings is 2. The standard InChI is InChI=1S/C24H25N7OS/c25-11-17-13-33-24(28-17)14-4-7-20(21(32)8-14)23-26-12-22(29-30-23)31(18-5-6-18)19-9-15-2-1-3-16(10-19)27-15/h4,7-8,12-13,15-16,18-19,27,32H,1-3,5-6,9-10H2/t15-,16+,19-. The van der Waals surface area contributed by atoms with E-state index in [1.54, 1.807) is 17.5 Å². The van der Waals surface area contributed by atoms with Crippen molar-refractivity contribution >= 4 is 17.2 Å². The van der Waals surface area contributed by atoms with Crippen LogP contribution in [0.2, 0.25) is 0 Å². The summed E-state index contributed by atoms with van der Waals surface area (Å²) in [6.45, 7) is 0. The lowest BCUT2D eigenvalue weighted by molar-refractivity contribution is 0.215. The van der Waals surface area contributed by atoms with E-state index in [1.807, 2.05) is 18.3 Å². The number of benzene rings is 1. The molecular formula is C24H25N7OS. The average molecular weight is 460 g/mol. The van der Waals surface area contributed by atoms with Gasteiger partial charge >= 0.3 is 0 Å². The summed E-state index contributed by atoms with van der Waals surface area (Å²) in [6.07, 6.45) is 10.4. The summed E-state index contributed by atoms with van der Waals surface area (Å²) in [5.41, 5.74) is 1.66. The van der Waals surface area contributed by atoms with Crippen molar-refractivity contribution in [3.8, 4) is 33.8 Å². The van der Waals surface area contributed by atoms with Gasteiger partial charge in [0, 0.05) is 35.1 Å². The van der Waals surface area contributed by atoms with E-state index in [1.165, 1.54) is 43.4 Å². The molecule has 2 aromatic heterocycles. The molecule has 0 unspecified atom stereocenters. The molecule has 3 atom stereocenters. The fourth-order valence-corrected chi connectivity index (χ4v) is 6.05. The van der Waals surface area contributed by atoms with E-state index < -0.39 is 0 Å². The molecule has 0 spiro atoms. The molecule has 8 nitrogen and oxygen atoms in total. The Bertz CT molecular complexity index is 1190.